The highest BCUT2D eigenvalue weighted by atomic mass is 16.6. The van der Waals surface area contributed by atoms with E-state index in [0.717, 1.165) is 23.8 Å². The van der Waals surface area contributed by atoms with Crippen LogP contribution in [-0.2, 0) is 27.2 Å². The lowest BCUT2D eigenvalue weighted by atomic mass is 10.0. The van der Waals surface area contributed by atoms with E-state index in [9.17, 15) is 34.6 Å². The molecule has 2 unspecified atom stereocenters. The Morgan fingerprint density at radius 3 is 1.79 bits per heavy atom. The largest absolute Gasteiger partial charge is 0.444 e. The average molecular weight is 593 g/mol. The lowest BCUT2D eigenvalue weighted by Gasteiger charge is -2.25. The number of nitro groups is 2. The summed E-state index contributed by atoms with van der Waals surface area (Å²) in [6.45, 7) is 5.05. The molecule has 0 radical (unpaired) electrons. The van der Waals surface area contributed by atoms with Crippen LogP contribution < -0.4 is 21.5 Å². The van der Waals surface area contributed by atoms with Gasteiger partial charge in [0.2, 0.25) is 5.91 Å². The van der Waals surface area contributed by atoms with E-state index in [-0.39, 0.29) is 18.5 Å². The van der Waals surface area contributed by atoms with Crippen molar-refractivity contribution in [3.8, 4) is 0 Å². The van der Waals surface area contributed by atoms with E-state index >= 15 is 0 Å². The number of carbonyl (C=O) groups is 3. The Labute approximate surface area is 247 Å². The van der Waals surface area contributed by atoms with Crippen molar-refractivity contribution in [2.24, 2.45) is 0 Å². The van der Waals surface area contributed by atoms with Crippen molar-refractivity contribution >= 4 is 35.0 Å². The van der Waals surface area contributed by atoms with Gasteiger partial charge in [-0.15, -0.1) is 0 Å². The minimum Gasteiger partial charge on any atom is -0.444 e. The monoisotopic (exact) mass is 592 g/mol. The van der Waals surface area contributed by atoms with Crippen molar-refractivity contribution in [3.63, 3.8) is 0 Å². The fraction of sp³-hybridized carbons (Fsp3) is 0.276. The number of alkyl carbamates (subject to hydrolysis) is 1. The summed E-state index contributed by atoms with van der Waals surface area (Å²) in [6.07, 6.45) is -0.689. The molecule has 0 saturated carbocycles. The van der Waals surface area contributed by atoms with Gasteiger partial charge in [0.25, 0.3) is 11.6 Å². The van der Waals surface area contributed by atoms with Crippen LogP contribution in [0.3, 0.4) is 0 Å². The zero-order chi connectivity index (χ0) is 31.6. The molecule has 0 aliphatic rings. The maximum atomic E-state index is 13.5. The van der Waals surface area contributed by atoms with Gasteiger partial charge in [0, 0.05) is 18.9 Å². The second kappa shape index (κ2) is 14.4. The lowest BCUT2D eigenvalue weighted by Crippen LogP contribution is -2.56. The molecule has 0 fully saturated rings. The van der Waals surface area contributed by atoms with Crippen molar-refractivity contribution in [2.75, 3.05) is 5.43 Å². The summed E-state index contributed by atoms with van der Waals surface area (Å²) < 4.78 is 5.33. The summed E-state index contributed by atoms with van der Waals surface area (Å²) >= 11 is 0. The summed E-state index contributed by atoms with van der Waals surface area (Å²) in [5.41, 5.74) is 4.04. The Hall–Kier alpha value is -5.53. The second-order valence-electron chi connectivity index (χ2n) is 10.5. The van der Waals surface area contributed by atoms with Crippen LogP contribution in [0, 0.1) is 20.2 Å². The number of hydrazine groups is 1. The fourth-order valence-corrected chi connectivity index (χ4v) is 3.95. The molecule has 0 aliphatic carbocycles. The number of nitrogens with zero attached hydrogens (tertiary/aromatic N) is 2. The molecular weight excluding hydrogens is 560 g/mol. The molecule has 3 aromatic rings. The van der Waals surface area contributed by atoms with Crippen LogP contribution >= 0.6 is 0 Å². The number of ether oxygens (including phenoxy) is 1. The number of hydrogen-bond acceptors (Lipinski definition) is 9. The van der Waals surface area contributed by atoms with Crippen molar-refractivity contribution < 1.29 is 29.0 Å². The summed E-state index contributed by atoms with van der Waals surface area (Å²) in [5.74, 6) is -1.44. The molecule has 2 atom stereocenters. The summed E-state index contributed by atoms with van der Waals surface area (Å²) in [7, 11) is 0. The summed E-state index contributed by atoms with van der Waals surface area (Å²) in [4.78, 5) is 60.4. The zero-order valence-corrected chi connectivity index (χ0v) is 23.7. The number of hydrogen-bond donors (Lipinski definition) is 4. The molecule has 14 nitrogen and oxygen atoms in total. The van der Waals surface area contributed by atoms with Crippen molar-refractivity contribution in [2.45, 2.75) is 51.3 Å². The SMILES string of the molecule is CC(C)(C)OC(=O)NC(Cc1ccccc1)C(=O)NC(Cc1ccccc1)C(=O)NNc1ccc([N+](=O)[O-])cc1[N+](=O)[O-]. The van der Waals surface area contributed by atoms with E-state index in [1.54, 1.807) is 75.4 Å². The predicted octanol–water partition coefficient (Wildman–Crippen LogP) is 3.81. The van der Waals surface area contributed by atoms with Gasteiger partial charge >= 0.3 is 11.8 Å². The van der Waals surface area contributed by atoms with E-state index in [2.05, 4.69) is 21.5 Å². The molecule has 3 rings (SSSR count). The molecule has 0 heterocycles. The van der Waals surface area contributed by atoms with Gasteiger partial charge in [-0.25, -0.2) is 4.79 Å². The quantitative estimate of drug-likeness (QED) is 0.179. The minimum atomic E-state index is -1.20. The Kier molecular flexibility index (Phi) is 10.7. The highest BCUT2D eigenvalue weighted by Gasteiger charge is 2.29. The highest BCUT2D eigenvalue weighted by molar-refractivity contribution is 5.92. The first-order chi connectivity index (χ1) is 20.3. The fourth-order valence-electron chi connectivity index (χ4n) is 3.95. The molecule has 0 saturated heterocycles. The van der Waals surface area contributed by atoms with Crippen LogP contribution in [0.1, 0.15) is 31.9 Å². The molecule has 3 amide bonds. The maximum Gasteiger partial charge on any atom is 0.408 e. The minimum absolute atomic E-state index is 0.0347. The number of nitro benzene ring substituents is 2. The summed E-state index contributed by atoms with van der Waals surface area (Å²) in [5, 5.41) is 27.8. The molecular formula is C29H32N6O8. The van der Waals surface area contributed by atoms with Gasteiger partial charge in [-0.3, -0.25) is 40.7 Å². The molecule has 43 heavy (non-hydrogen) atoms. The number of rotatable bonds is 12. The second-order valence-corrected chi connectivity index (χ2v) is 10.5. The molecule has 226 valence electrons. The van der Waals surface area contributed by atoms with Gasteiger partial charge in [-0.2, -0.15) is 0 Å². The van der Waals surface area contributed by atoms with Crippen LogP contribution in [0.5, 0.6) is 0 Å². The Balaban J connectivity index is 1.83. The van der Waals surface area contributed by atoms with Gasteiger partial charge in [-0.1, -0.05) is 60.7 Å². The number of non-ortho nitro benzene ring substituents is 1. The number of nitrogens with one attached hydrogen (secondary N) is 4. The third-order valence-corrected chi connectivity index (χ3v) is 5.91. The molecule has 14 heteroatoms. The van der Waals surface area contributed by atoms with Crippen LogP contribution in [-0.4, -0.2) is 45.4 Å². The topological polar surface area (TPSA) is 195 Å². The molecule has 0 aromatic heterocycles. The van der Waals surface area contributed by atoms with E-state index in [1.165, 1.54) is 0 Å². The van der Waals surface area contributed by atoms with Crippen molar-refractivity contribution in [3.05, 3.63) is 110 Å². The Morgan fingerprint density at radius 1 is 0.767 bits per heavy atom. The first-order valence-corrected chi connectivity index (χ1v) is 13.2. The molecule has 0 bridgehead atoms. The maximum absolute atomic E-state index is 13.5. The van der Waals surface area contributed by atoms with Gasteiger partial charge in [-0.05, 0) is 38.0 Å². The molecule has 0 spiro atoms. The van der Waals surface area contributed by atoms with Gasteiger partial charge < -0.3 is 15.4 Å². The molecule has 4 N–H and O–H groups in total. The number of anilines is 1. The number of amides is 3. The Bertz CT molecular complexity index is 1460. The normalized spacial score (nSPS) is 12.3. The first kappa shape index (κ1) is 32.0. The first-order valence-electron chi connectivity index (χ1n) is 13.2. The number of carbonyl (C=O) groups excluding carboxylic acids is 3. The standard InChI is InChI=1S/C29H32N6O8/c1-29(2,3)43-28(38)31-23(16-19-10-6-4-7-11-19)26(36)30-24(17-20-12-8-5-9-13-20)27(37)33-32-22-15-14-21(34(39)40)18-25(22)35(41)42/h4-15,18,23-24,32H,16-17H2,1-3H3,(H,30,36)(H,31,38)(H,33,37). The van der Waals surface area contributed by atoms with E-state index in [4.69, 9.17) is 4.74 Å². The van der Waals surface area contributed by atoms with Crippen LogP contribution in [0.25, 0.3) is 0 Å². The van der Waals surface area contributed by atoms with Gasteiger partial charge in [0.1, 0.15) is 23.4 Å². The van der Waals surface area contributed by atoms with Gasteiger partial charge in [0.05, 0.1) is 15.9 Å². The third kappa shape index (κ3) is 10.1. The average Bonchev–Trinajstić information content (AvgIpc) is 2.95. The van der Waals surface area contributed by atoms with Crippen molar-refractivity contribution in [1.29, 1.82) is 0 Å². The number of benzene rings is 3. The lowest BCUT2D eigenvalue weighted by molar-refractivity contribution is -0.393. The predicted molar refractivity (Wildman–Crippen MR) is 157 cm³/mol. The van der Waals surface area contributed by atoms with Crippen LogP contribution in [0.15, 0.2) is 78.9 Å². The highest BCUT2D eigenvalue weighted by Crippen LogP contribution is 2.28. The van der Waals surface area contributed by atoms with E-state index in [0.29, 0.717) is 5.56 Å². The van der Waals surface area contributed by atoms with Crippen LogP contribution in [0.2, 0.25) is 0 Å². The summed E-state index contributed by atoms with van der Waals surface area (Å²) in [6, 6.07) is 18.3. The smallest absolute Gasteiger partial charge is 0.408 e. The van der Waals surface area contributed by atoms with Crippen LogP contribution in [0.4, 0.5) is 21.9 Å². The molecule has 3 aromatic carbocycles. The van der Waals surface area contributed by atoms with Gasteiger partial charge in [0.15, 0.2) is 0 Å². The van der Waals surface area contributed by atoms with E-state index < -0.39 is 56.8 Å². The van der Waals surface area contributed by atoms with Crippen molar-refractivity contribution in [1.82, 2.24) is 16.1 Å². The third-order valence-electron chi connectivity index (χ3n) is 5.91. The van der Waals surface area contributed by atoms with E-state index in [1.807, 2.05) is 6.07 Å². The Morgan fingerprint density at radius 2 is 1.30 bits per heavy atom. The molecule has 0 aliphatic heterocycles. The zero-order valence-electron chi connectivity index (χ0n) is 23.7.